The normalized spacial score (nSPS) is 21.8. The second-order valence-corrected chi connectivity index (χ2v) is 6.13. The summed E-state index contributed by atoms with van der Waals surface area (Å²) in [6.07, 6.45) is 2.65. The Morgan fingerprint density at radius 3 is 2.50 bits per heavy atom. The summed E-state index contributed by atoms with van der Waals surface area (Å²) in [6, 6.07) is 1.98. The van der Waals surface area contributed by atoms with E-state index in [9.17, 15) is 18.4 Å². The fraction of sp³-hybridized carbons (Fsp3) is 0.529. The van der Waals surface area contributed by atoms with Gasteiger partial charge < -0.3 is 15.7 Å². The lowest BCUT2D eigenvalue weighted by Crippen LogP contribution is -2.45. The summed E-state index contributed by atoms with van der Waals surface area (Å²) < 4.78 is 27.2. The van der Waals surface area contributed by atoms with E-state index in [1.54, 1.807) is 6.92 Å². The first-order valence-corrected chi connectivity index (χ1v) is 8.15. The van der Waals surface area contributed by atoms with Gasteiger partial charge in [0.25, 0.3) is 0 Å². The molecule has 7 heteroatoms. The van der Waals surface area contributed by atoms with Crippen LogP contribution in [0.15, 0.2) is 18.2 Å². The first-order valence-electron chi connectivity index (χ1n) is 8.15. The van der Waals surface area contributed by atoms with Gasteiger partial charge in [-0.05, 0) is 50.3 Å². The Hall–Kier alpha value is -2.18. The van der Waals surface area contributed by atoms with Crippen molar-refractivity contribution in [1.29, 1.82) is 0 Å². The van der Waals surface area contributed by atoms with Crippen molar-refractivity contribution in [1.82, 2.24) is 10.6 Å². The van der Waals surface area contributed by atoms with E-state index < -0.39 is 29.7 Å². The molecule has 0 spiro atoms. The van der Waals surface area contributed by atoms with E-state index in [1.807, 2.05) is 0 Å². The van der Waals surface area contributed by atoms with Crippen LogP contribution in [0, 0.1) is 17.6 Å². The number of hydrogen-bond acceptors (Lipinski definition) is 2. The highest BCUT2D eigenvalue weighted by molar-refractivity contribution is 5.75. The average Bonchev–Trinajstić information content (AvgIpc) is 2.55. The van der Waals surface area contributed by atoms with Gasteiger partial charge in [-0.15, -0.1) is 0 Å². The van der Waals surface area contributed by atoms with Crippen LogP contribution in [-0.2, 0) is 4.79 Å². The number of carboxylic acids is 1. The monoisotopic (exact) mass is 340 g/mol. The van der Waals surface area contributed by atoms with Gasteiger partial charge in [-0.3, -0.25) is 4.79 Å². The Morgan fingerprint density at radius 2 is 1.92 bits per heavy atom. The van der Waals surface area contributed by atoms with Crippen LogP contribution in [0.25, 0.3) is 0 Å². The number of carbonyl (C=O) groups excluding carboxylic acids is 1. The lowest BCUT2D eigenvalue weighted by Gasteiger charge is -2.28. The molecule has 0 saturated heterocycles. The highest BCUT2D eigenvalue weighted by atomic mass is 19.1. The third kappa shape index (κ3) is 4.66. The van der Waals surface area contributed by atoms with Crippen LogP contribution in [0.4, 0.5) is 13.6 Å². The van der Waals surface area contributed by atoms with E-state index in [4.69, 9.17) is 5.11 Å². The molecule has 0 bridgehead atoms. The van der Waals surface area contributed by atoms with Crippen molar-refractivity contribution < 1.29 is 23.5 Å². The number of halogens is 2. The minimum Gasteiger partial charge on any atom is -0.481 e. The fourth-order valence-electron chi connectivity index (χ4n) is 3.05. The van der Waals surface area contributed by atoms with Crippen molar-refractivity contribution in [3.8, 4) is 0 Å². The number of nitrogens with one attached hydrogen (secondary N) is 2. The Balaban J connectivity index is 1.91. The second-order valence-electron chi connectivity index (χ2n) is 6.13. The largest absolute Gasteiger partial charge is 0.481 e. The third-order valence-electron chi connectivity index (χ3n) is 4.46. The number of aliphatic carboxylic acids is 1. The molecule has 24 heavy (non-hydrogen) atoms. The molecule has 1 aromatic carbocycles. The Bertz CT molecular complexity index is 601. The zero-order chi connectivity index (χ0) is 17.7. The summed E-state index contributed by atoms with van der Waals surface area (Å²) >= 11 is 0. The molecule has 0 aromatic heterocycles. The number of benzene rings is 1. The molecule has 2 rings (SSSR count). The van der Waals surface area contributed by atoms with Crippen molar-refractivity contribution in [3.05, 3.63) is 35.4 Å². The van der Waals surface area contributed by atoms with Crippen LogP contribution in [0.1, 0.15) is 50.6 Å². The summed E-state index contributed by atoms with van der Waals surface area (Å²) in [4.78, 5) is 23.0. The molecule has 0 radical (unpaired) electrons. The molecule has 1 unspecified atom stereocenters. The number of hydrogen-bond donors (Lipinski definition) is 3. The maximum atomic E-state index is 13.8. The molecule has 1 aliphatic rings. The van der Waals surface area contributed by atoms with Gasteiger partial charge >= 0.3 is 12.0 Å². The zero-order valence-electron chi connectivity index (χ0n) is 13.5. The van der Waals surface area contributed by atoms with Crippen LogP contribution in [0.2, 0.25) is 0 Å². The number of carbonyl (C=O) groups is 2. The fourth-order valence-corrected chi connectivity index (χ4v) is 3.05. The molecule has 5 nitrogen and oxygen atoms in total. The molecule has 1 aliphatic carbocycles. The first-order chi connectivity index (χ1) is 11.4. The highest BCUT2D eigenvalue weighted by Gasteiger charge is 2.27. The summed E-state index contributed by atoms with van der Waals surface area (Å²) in [6.45, 7) is 1.77. The Labute approximate surface area is 139 Å². The van der Waals surface area contributed by atoms with Crippen LogP contribution in [0.5, 0.6) is 0 Å². The second kappa shape index (κ2) is 8.08. The predicted octanol–water partition coefficient (Wildman–Crippen LogP) is 3.36. The molecule has 0 aliphatic heterocycles. The maximum Gasteiger partial charge on any atom is 0.315 e. The van der Waals surface area contributed by atoms with E-state index in [0.29, 0.717) is 32.1 Å². The molecule has 1 fully saturated rings. The van der Waals surface area contributed by atoms with Gasteiger partial charge in [0.1, 0.15) is 11.6 Å². The van der Waals surface area contributed by atoms with Crippen molar-refractivity contribution in [3.63, 3.8) is 0 Å². The summed E-state index contributed by atoms with van der Waals surface area (Å²) in [5, 5.41) is 14.4. The molecule has 0 heterocycles. The number of carboxylic acid groups (broad SMARTS) is 1. The van der Waals surface area contributed by atoms with Crippen molar-refractivity contribution in [2.75, 3.05) is 0 Å². The maximum absolute atomic E-state index is 13.8. The van der Waals surface area contributed by atoms with Gasteiger partial charge in [0, 0.05) is 11.6 Å². The van der Waals surface area contributed by atoms with Crippen LogP contribution in [0.3, 0.4) is 0 Å². The molecule has 1 atom stereocenters. The average molecular weight is 340 g/mol. The molecule has 1 saturated carbocycles. The quantitative estimate of drug-likeness (QED) is 0.769. The number of rotatable bonds is 5. The van der Waals surface area contributed by atoms with E-state index in [-0.39, 0.29) is 17.5 Å². The van der Waals surface area contributed by atoms with Crippen molar-refractivity contribution in [2.24, 2.45) is 5.92 Å². The van der Waals surface area contributed by atoms with Gasteiger partial charge in [0.05, 0.1) is 12.0 Å². The molecule has 1 aromatic rings. The van der Waals surface area contributed by atoms with Gasteiger partial charge in [-0.25, -0.2) is 13.6 Å². The summed E-state index contributed by atoms with van der Waals surface area (Å²) in [7, 11) is 0. The molecular formula is C17H22F2N2O3. The van der Waals surface area contributed by atoms with Gasteiger partial charge in [0.15, 0.2) is 0 Å². The summed E-state index contributed by atoms with van der Waals surface area (Å²) in [5.74, 6) is -2.27. The van der Waals surface area contributed by atoms with Crippen molar-refractivity contribution >= 4 is 12.0 Å². The Morgan fingerprint density at radius 1 is 1.25 bits per heavy atom. The van der Waals surface area contributed by atoms with E-state index in [2.05, 4.69) is 10.6 Å². The molecule has 2 amide bonds. The van der Waals surface area contributed by atoms with Crippen LogP contribution in [-0.4, -0.2) is 23.1 Å². The lowest BCUT2D eigenvalue weighted by molar-refractivity contribution is -0.142. The minimum atomic E-state index is -0.800. The van der Waals surface area contributed by atoms with E-state index >= 15 is 0 Å². The number of urea groups is 1. The topological polar surface area (TPSA) is 78.4 Å². The standard InChI is InChI=1S/C17H22F2N2O3/c1-2-15(13-9-11(18)5-8-14(13)19)21-17(24)20-12-6-3-10(4-7-12)16(22)23/h5,8-10,12,15H,2-4,6-7H2,1H3,(H,22,23)(H2,20,21,24). The molecule has 3 N–H and O–H groups in total. The highest BCUT2D eigenvalue weighted by Crippen LogP contribution is 2.25. The smallest absolute Gasteiger partial charge is 0.315 e. The number of amides is 2. The molecular weight excluding hydrogens is 318 g/mol. The van der Waals surface area contributed by atoms with Gasteiger partial charge in [-0.1, -0.05) is 6.92 Å². The van der Waals surface area contributed by atoms with Gasteiger partial charge in [0.2, 0.25) is 0 Å². The summed E-state index contributed by atoms with van der Waals surface area (Å²) in [5.41, 5.74) is 0.113. The Kier molecular flexibility index (Phi) is 6.11. The van der Waals surface area contributed by atoms with E-state index in [0.717, 1.165) is 18.2 Å². The van der Waals surface area contributed by atoms with Gasteiger partial charge in [-0.2, -0.15) is 0 Å². The lowest BCUT2D eigenvalue weighted by atomic mass is 9.86. The van der Waals surface area contributed by atoms with Crippen LogP contribution < -0.4 is 10.6 Å². The molecule has 132 valence electrons. The van der Waals surface area contributed by atoms with Crippen LogP contribution >= 0.6 is 0 Å². The zero-order valence-corrected chi connectivity index (χ0v) is 13.5. The third-order valence-corrected chi connectivity index (χ3v) is 4.46. The first kappa shape index (κ1) is 18.2. The minimum absolute atomic E-state index is 0.101. The SMILES string of the molecule is CCC(NC(=O)NC1CCC(C(=O)O)CC1)c1cc(F)ccc1F. The van der Waals surface area contributed by atoms with E-state index in [1.165, 1.54) is 0 Å². The van der Waals surface area contributed by atoms with Crippen molar-refractivity contribution in [2.45, 2.75) is 51.1 Å². The predicted molar refractivity (Wildman–Crippen MR) is 84.4 cm³/mol.